The maximum absolute atomic E-state index is 11.7. The minimum atomic E-state index is -0.0683. The molecule has 1 aliphatic heterocycles. The Morgan fingerprint density at radius 2 is 2.04 bits per heavy atom. The zero-order chi connectivity index (χ0) is 18.2. The van der Waals surface area contributed by atoms with Crippen molar-refractivity contribution in [1.82, 2.24) is 20.9 Å². The second-order valence-corrected chi connectivity index (χ2v) is 6.75. The van der Waals surface area contributed by atoms with Gasteiger partial charge < -0.3 is 20.9 Å². The van der Waals surface area contributed by atoms with Crippen molar-refractivity contribution in [3.63, 3.8) is 0 Å². The normalized spacial score (nSPS) is 16.8. The third kappa shape index (κ3) is 5.74. The number of carbonyl (C=O) groups excluding carboxylic acids is 1. The Kier molecular flexibility index (Phi) is 7.25. The number of nitrogens with one attached hydrogen (secondary N) is 3. The van der Waals surface area contributed by atoms with Gasteiger partial charge in [0.25, 0.3) is 5.91 Å². The highest BCUT2D eigenvalue weighted by molar-refractivity contribution is 5.94. The van der Waals surface area contributed by atoms with Gasteiger partial charge >= 0.3 is 0 Å². The Balaban J connectivity index is 1.84. The number of hydrogen-bond acceptors (Lipinski definition) is 3. The van der Waals surface area contributed by atoms with E-state index in [9.17, 15) is 4.79 Å². The number of benzene rings is 1. The van der Waals surface area contributed by atoms with Crippen LogP contribution in [0.3, 0.4) is 0 Å². The van der Waals surface area contributed by atoms with Crippen LogP contribution in [0, 0.1) is 0 Å². The quantitative estimate of drug-likeness (QED) is 0.560. The minimum absolute atomic E-state index is 0.0683. The molecular weight excluding hydrogens is 314 g/mol. The molecule has 1 saturated heterocycles. The molecule has 25 heavy (non-hydrogen) atoms. The van der Waals surface area contributed by atoms with Crippen molar-refractivity contribution < 1.29 is 4.79 Å². The third-order valence-corrected chi connectivity index (χ3v) is 4.70. The summed E-state index contributed by atoms with van der Waals surface area (Å²) in [6.45, 7) is 7.39. The molecular formula is C19H31N5O. The highest BCUT2D eigenvalue weighted by Crippen LogP contribution is 2.13. The molecule has 1 aromatic rings. The van der Waals surface area contributed by atoms with Crippen LogP contribution in [0.15, 0.2) is 29.3 Å². The molecule has 0 spiro atoms. The van der Waals surface area contributed by atoms with Crippen LogP contribution >= 0.6 is 0 Å². The molecule has 0 unspecified atom stereocenters. The van der Waals surface area contributed by atoms with Gasteiger partial charge in [-0.15, -0.1) is 0 Å². The first-order valence-electron chi connectivity index (χ1n) is 9.05. The van der Waals surface area contributed by atoms with Crippen LogP contribution in [0.5, 0.6) is 0 Å². The lowest BCUT2D eigenvalue weighted by molar-refractivity contribution is 0.0963. The summed E-state index contributed by atoms with van der Waals surface area (Å²) in [5, 5.41) is 9.51. The first-order chi connectivity index (χ1) is 12.0. The molecule has 0 aliphatic carbocycles. The van der Waals surface area contributed by atoms with E-state index >= 15 is 0 Å². The molecule has 1 amide bonds. The summed E-state index contributed by atoms with van der Waals surface area (Å²) in [6.07, 6.45) is 2.26. The average molecular weight is 345 g/mol. The molecule has 6 nitrogen and oxygen atoms in total. The van der Waals surface area contributed by atoms with Gasteiger partial charge in [-0.1, -0.05) is 12.1 Å². The SMILES string of the molecule is CN=C(NCc1cccc(C(=O)NC)c1)NC1CCN(C(C)C)CC1. The van der Waals surface area contributed by atoms with Gasteiger partial charge in [-0.05, 0) is 44.4 Å². The van der Waals surface area contributed by atoms with Gasteiger partial charge in [-0.3, -0.25) is 9.79 Å². The number of carbonyl (C=O) groups is 1. The summed E-state index contributed by atoms with van der Waals surface area (Å²) in [6, 6.07) is 8.70. The summed E-state index contributed by atoms with van der Waals surface area (Å²) in [5.74, 6) is 0.745. The molecule has 0 bridgehead atoms. The summed E-state index contributed by atoms with van der Waals surface area (Å²) in [5.41, 5.74) is 1.73. The van der Waals surface area contributed by atoms with Gasteiger partial charge in [-0.2, -0.15) is 0 Å². The lowest BCUT2D eigenvalue weighted by Crippen LogP contribution is -2.49. The van der Waals surface area contributed by atoms with Crippen LogP contribution in [-0.2, 0) is 6.54 Å². The van der Waals surface area contributed by atoms with Crippen LogP contribution in [-0.4, -0.2) is 56.0 Å². The van der Waals surface area contributed by atoms with Crippen molar-refractivity contribution in [2.24, 2.45) is 4.99 Å². The molecule has 6 heteroatoms. The van der Waals surface area contributed by atoms with Crippen molar-refractivity contribution >= 4 is 11.9 Å². The summed E-state index contributed by atoms with van der Waals surface area (Å²) in [4.78, 5) is 18.6. The molecule has 138 valence electrons. The average Bonchev–Trinajstić information content (AvgIpc) is 2.65. The van der Waals surface area contributed by atoms with Crippen molar-refractivity contribution in [1.29, 1.82) is 0 Å². The van der Waals surface area contributed by atoms with Gasteiger partial charge in [0.05, 0.1) is 0 Å². The standard InChI is InChI=1S/C19H31N5O/c1-14(2)24-10-8-17(9-11-24)23-19(21-4)22-13-15-6-5-7-16(12-15)18(25)20-3/h5-7,12,14,17H,8-11,13H2,1-4H3,(H,20,25)(H2,21,22,23). The molecule has 3 N–H and O–H groups in total. The Labute approximate surface area is 151 Å². The predicted octanol–water partition coefficient (Wildman–Crippen LogP) is 1.58. The van der Waals surface area contributed by atoms with Crippen LogP contribution in [0.4, 0.5) is 0 Å². The Morgan fingerprint density at radius 3 is 2.64 bits per heavy atom. The van der Waals surface area contributed by atoms with E-state index in [4.69, 9.17) is 0 Å². The van der Waals surface area contributed by atoms with Gasteiger partial charge in [0.15, 0.2) is 5.96 Å². The second-order valence-electron chi connectivity index (χ2n) is 6.75. The van der Waals surface area contributed by atoms with Crippen LogP contribution in [0.2, 0.25) is 0 Å². The summed E-state index contributed by atoms with van der Waals surface area (Å²) < 4.78 is 0. The lowest BCUT2D eigenvalue weighted by Gasteiger charge is -2.35. The highest BCUT2D eigenvalue weighted by Gasteiger charge is 2.21. The molecule has 1 aromatic carbocycles. The van der Waals surface area contributed by atoms with Crippen LogP contribution < -0.4 is 16.0 Å². The number of likely N-dealkylation sites (tertiary alicyclic amines) is 1. The Hall–Kier alpha value is -2.08. The zero-order valence-electron chi connectivity index (χ0n) is 15.8. The second kappa shape index (κ2) is 9.42. The largest absolute Gasteiger partial charge is 0.355 e. The topological polar surface area (TPSA) is 68.8 Å². The highest BCUT2D eigenvalue weighted by atomic mass is 16.1. The smallest absolute Gasteiger partial charge is 0.251 e. The number of amides is 1. The van der Waals surface area contributed by atoms with E-state index in [-0.39, 0.29) is 5.91 Å². The number of piperidine rings is 1. The van der Waals surface area contributed by atoms with E-state index in [2.05, 4.69) is 39.7 Å². The van der Waals surface area contributed by atoms with E-state index in [1.807, 2.05) is 24.3 Å². The van der Waals surface area contributed by atoms with Crippen molar-refractivity contribution in [3.8, 4) is 0 Å². The van der Waals surface area contributed by atoms with Crippen LogP contribution in [0.25, 0.3) is 0 Å². The number of hydrogen-bond donors (Lipinski definition) is 3. The maximum atomic E-state index is 11.7. The minimum Gasteiger partial charge on any atom is -0.355 e. The summed E-state index contributed by atoms with van der Waals surface area (Å²) >= 11 is 0. The third-order valence-electron chi connectivity index (χ3n) is 4.70. The number of guanidine groups is 1. The van der Waals surface area contributed by atoms with Crippen LogP contribution in [0.1, 0.15) is 42.6 Å². The number of rotatable bonds is 5. The fourth-order valence-corrected chi connectivity index (χ4v) is 3.10. The summed E-state index contributed by atoms with van der Waals surface area (Å²) in [7, 11) is 3.43. The zero-order valence-corrected chi connectivity index (χ0v) is 15.8. The van der Waals surface area contributed by atoms with E-state index in [1.54, 1.807) is 14.1 Å². The fourth-order valence-electron chi connectivity index (χ4n) is 3.10. The maximum Gasteiger partial charge on any atom is 0.251 e. The van der Waals surface area contributed by atoms with E-state index in [0.29, 0.717) is 24.2 Å². The Bertz CT molecular complexity index is 591. The van der Waals surface area contributed by atoms with Gasteiger partial charge in [0.1, 0.15) is 0 Å². The number of aliphatic imine (C=N–C) groups is 1. The van der Waals surface area contributed by atoms with Gasteiger partial charge in [0.2, 0.25) is 0 Å². The fraction of sp³-hybridized carbons (Fsp3) is 0.579. The first kappa shape index (κ1) is 19.2. The lowest BCUT2D eigenvalue weighted by atomic mass is 10.0. The number of nitrogens with zero attached hydrogens (tertiary/aromatic N) is 2. The molecule has 1 fully saturated rings. The Morgan fingerprint density at radius 1 is 1.32 bits per heavy atom. The van der Waals surface area contributed by atoms with Crippen molar-refractivity contribution in [2.45, 2.75) is 45.3 Å². The van der Waals surface area contributed by atoms with Gasteiger partial charge in [0, 0.05) is 51.4 Å². The van der Waals surface area contributed by atoms with Crippen molar-refractivity contribution in [3.05, 3.63) is 35.4 Å². The molecule has 1 heterocycles. The molecule has 0 atom stereocenters. The predicted molar refractivity (Wildman–Crippen MR) is 103 cm³/mol. The monoisotopic (exact) mass is 345 g/mol. The molecule has 0 radical (unpaired) electrons. The van der Waals surface area contributed by atoms with E-state index in [0.717, 1.165) is 37.5 Å². The molecule has 0 saturated carbocycles. The van der Waals surface area contributed by atoms with E-state index < -0.39 is 0 Å². The van der Waals surface area contributed by atoms with Crippen molar-refractivity contribution in [2.75, 3.05) is 27.2 Å². The van der Waals surface area contributed by atoms with Gasteiger partial charge in [-0.25, -0.2) is 0 Å². The molecule has 2 rings (SSSR count). The first-order valence-corrected chi connectivity index (χ1v) is 9.05. The molecule has 1 aliphatic rings. The molecule has 0 aromatic heterocycles. The van der Waals surface area contributed by atoms with E-state index in [1.165, 1.54) is 0 Å².